The van der Waals surface area contributed by atoms with Crippen molar-refractivity contribution >= 4 is 6.09 Å². The van der Waals surface area contributed by atoms with Crippen LogP contribution in [0.4, 0.5) is 9.18 Å². The summed E-state index contributed by atoms with van der Waals surface area (Å²) in [5.74, 6) is 0. The van der Waals surface area contributed by atoms with E-state index in [4.69, 9.17) is 4.74 Å². The van der Waals surface area contributed by atoms with E-state index in [0.29, 0.717) is 12.8 Å². The van der Waals surface area contributed by atoms with E-state index in [0.717, 1.165) is 11.1 Å². The summed E-state index contributed by atoms with van der Waals surface area (Å²) in [5.41, 5.74) is 5.16. The fourth-order valence-electron chi connectivity index (χ4n) is 2.94. The second kappa shape index (κ2) is 8.85. The molecule has 0 fully saturated rings. The number of ether oxygens (including phenoxy) is 1. The highest BCUT2D eigenvalue weighted by atomic mass is 19.1. The zero-order valence-electron chi connectivity index (χ0n) is 16.7. The summed E-state index contributed by atoms with van der Waals surface area (Å²) in [6, 6.07) is 14.1. The zero-order valence-corrected chi connectivity index (χ0v) is 16.7. The van der Waals surface area contributed by atoms with Crippen LogP contribution in [0.5, 0.6) is 0 Å². The van der Waals surface area contributed by atoms with E-state index in [2.05, 4.69) is 37.4 Å². The van der Waals surface area contributed by atoms with Crippen LogP contribution in [-0.2, 0) is 11.2 Å². The molecule has 0 radical (unpaired) electrons. The van der Waals surface area contributed by atoms with Gasteiger partial charge in [0.05, 0.1) is 12.4 Å². The number of benzene rings is 2. The van der Waals surface area contributed by atoms with Crippen LogP contribution in [0.3, 0.4) is 0 Å². The fourth-order valence-corrected chi connectivity index (χ4v) is 2.94. The minimum absolute atomic E-state index is 0.450. The van der Waals surface area contributed by atoms with Gasteiger partial charge in [-0.1, -0.05) is 53.6 Å². The molecule has 2 aromatic carbocycles. The molecule has 2 aromatic rings. The van der Waals surface area contributed by atoms with Crippen LogP contribution in [0.1, 0.15) is 37.5 Å². The Kier molecular flexibility index (Phi) is 6.78. The van der Waals surface area contributed by atoms with Gasteiger partial charge < -0.3 is 10.1 Å². The van der Waals surface area contributed by atoms with E-state index >= 15 is 0 Å². The lowest BCUT2D eigenvalue weighted by Gasteiger charge is -2.22. The monoisotopic (exact) mass is 369 g/mol. The molecular weight excluding hydrogens is 341 g/mol. The van der Waals surface area contributed by atoms with Gasteiger partial charge in [0.15, 0.2) is 0 Å². The highest BCUT2D eigenvalue weighted by Gasteiger charge is 2.18. The fraction of sp³-hybridized carbons (Fsp3) is 0.348. The summed E-state index contributed by atoms with van der Waals surface area (Å²) < 4.78 is 18.0. The smallest absolute Gasteiger partial charge is 0.408 e. The van der Waals surface area contributed by atoms with Gasteiger partial charge in [0.2, 0.25) is 0 Å². The summed E-state index contributed by atoms with van der Waals surface area (Å²) >= 11 is 0. The van der Waals surface area contributed by atoms with Crippen molar-refractivity contribution in [2.75, 3.05) is 0 Å². The number of carbonyl (C=O) groups excluding carboxylic acids is 1. The average Bonchev–Trinajstić information content (AvgIpc) is 2.53. The molecule has 0 aromatic heterocycles. The summed E-state index contributed by atoms with van der Waals surface area (Å²) in [5, 5.41) is 2.70. The predicted octanol–water partition coefficient (Wildman–Crippen LogP) is 5.89. The first-order chi connectivity index (χ1) is 12.7. The largest absolute Gasteiger partial charge is 0.444 e. The van der Waals surface area contributed by atoms with E-state index in [1.807, 2.05) is 24.3 Å². The highest BCUT2D eigenvalue weighted by molar-refractivity contribution is 5.68. The van der Waals surface area contributed by atoms with E-state index in [1.165, 1.54) is 22.8 Å². The van der Waals surface area contributed by atoms with Crippen molar-refractivity contribution in [3.05, 3.63) is 71.6 Å². The number of rotatable bonds is 5. The minimum Gasteiger partial charge on any atom is -0.444 e. The van der Waals surface area contributed by atoms with Crippen LogP contribution in [0, 0.1) is 13.8 Å². The first-order valence-electron chi connectivity index (χ1n) is 9.10. The predicted molar refractivity (Wildman–Crippen MR) is 108 cm³/mol. The maximum atomic E-state index is 12.7. The molecule has 2 rings (SSSR count). The third kappa shape index (κ3) is 6.89. The van der Waals surface area contributed by atoms with E-state index in [9.17, 15) is 9.18 Å². The lowest BCUT2D eigenvalue weighted by atomic mass is 9.98. The summed E-state index contributed by atoms with van der Waals surface area (Å²) in [6.07, 6.45) is 1.69. The van der Waals surface area contributed by atoms with Crippen molar-refractivity contribution < 1.29 is 13.9 Å². The maximum absolute atomic E-state index is 12.7. The number of nitrogens with one attached hydrogen (secondary N) is 1. The molecule has 27 heavy (non-hydrogen) atoms. The SMILES string of the molecule is Cc1cc(C)cc(-c2ccc(CC(/C=C/F)NC(=O)OC(C)(C)C)cc2)c1. The first-order valence-corrected chi connectivity index (χ1v) is 9.10. The second-order valence-corrected chi connectivity index (χ2v) is 7.85. The van der Waals surface area contributed by atoms with Gasteiger partial charge in [-0.15, -0.1) is 0 Å². The quantitative estimate of drug-likeness (QED) is 0.714. The molecule has 1 N–H and O–H groups in total. The molecule has 0 aliphatic rings. The van der Waals surface area contributed by atoms with Crippen molar-refractivity contribution in [3.8, 4) is 11.1 Å². The van der Waals surface area contributed by atoms with Gasteiger partial charge in [0.1, 0.15) is 5.60 Å². The number of hydrogen-bond donors (Lipinski definition) is 1. The van der Waals surface area contributed by atoms with Gasteiger partial charge in [-0.3, -0.25) is 0 Å². The lowest BCUT2D eigenvalue weighted by Crippen LogP contribution is -2.39. The van der Waals surface area contributed by atoms with Crippen LogP contribution in [-0.4, -0.2) is 17.7 Å². The molecule has 1 amide bonds. The molecule has 1 unspecified atom stereocenters. The van der Waals surface area contributed by atoms with Crippen LogP contribution in [0.2, 0.25) is 0 Å². The third-order valence-electron chi connectivity index (χ3n) is 3.97. The Morgan fingerprint density at radius 3 is 2.19 bits per heavy atom. The molecule has 0 bridgehead atoms. The summed E-state index contributed by atoms with van der Waals surface area (Å²) in [4.78, 5) is 11.9. The second-order valence-electron chi connectivity index (χ2n) is 7.85. The minimum atomic E-state index is -0.596. The molecule has 0 saturated carbocycles. The average molecular weight is 369 g/mol. The topological polar surface area (TPSA) is 38.3 Å². The van der Waals surface area contributed by atoms with Crippen LogP contribution < -0.4 is 5.32 Å². The van der Waals surface area contributed by atoms with Gasteiger partial charge >= 0.3 is 6.09 Å². The lowest BCUT2D eigenvalue weighted by molar-refractivity contribution is 0.0514. The molecule has 0 heterocycles. The first kappa shape index (κ1) is 20.7. The molecular formula is C23H28FNO2. The van der Waals surface area contributed by atoms with E-state index < -0.39 is 17.7 Å². The molecule has 0 spiro atoms. The molecule has 3 nitrogen and oxygen atoms in total. The number of hydrogen-bond acceptors (Lipinski definition) is 2. The standard InChI is InChI=1S/C23H28FNO2/c1-16-12-17(2)14-20(13-16)19-8-6-18(7-9-19)15-21(10-11-24)25-22(26)27-23(3,4)5/h6-14,21H,15H2,1-5H3,(H,25,26)/b11-10+. The Morgan fingerprint density at radius 2 is 1.67 bits per heavy atom. The van der Waals surface area contributed by atoms with Crippen LogP contribution in [0.25, 0.3) is 11.1 Å². The normalized spacial score (nSPS) is 12.8. The highest BCUT2D eigenvalue weighted by Crippen LogP contribution is 2.23. The molecule has 1 atom stereocenters. The number of alkyl carbamates (subject to hydrolysis) is 1. The van der Waals surface area contributed by atoms with Crippen molar-refractivity contribution in [1.82, 2.24) is 5.32 Å². The van der Waals surface area contributed by atoms with Crippen LogP contribution in [0.15, 0.2) is 54.9 Å². The van der Waals surface area contributed by atoms with Crippen molar-refractivity contribution in [3.63, 3.8) is 0 Å². The Morgan fingerprint density at radius 1 is 1.07 bits per heavy atom. The third-order valence-corrected chi connectivity index (χ3v) is 3.97. The zero-order chi connectivity index (χ0) is 20.0. The Labute approximate surface area is 161 Å². The maximum Gasteiger partial charge on any atom is 0.408 e. The number of carbonyl (C=O) groups is 1. The van der Waals surface area contributed by atoms with Crippen molar-refractivity contribution in [2.24, 2.45) is 0 Å². The number of halogens is 1. The molecule has 144 valence electrons. The molecule has 0 aliphatic carbocycles. The summed E-state index contributed by atoms with van der Waals surface area (Å²) in [6.45, 7) is 9.54. The van der Waals surface area contributed by atoms with E-state index in [1.54, 1.807) is 20.8 Å². The van der Waals surface area contributed by atoms with Gasteiger partial charge in [0, 0.05) is 0 Å². The Bertz CT molecular complexity index is 784. The Balaban J connectivity index is 2.09. The summed E-state index contributed by atoms with van der Waals surface area (Å²) in [7, 11) is 0. The van der Waals surface area contributed by atoms with Gasteiger partial charge in [-0.25, -0.2) is 9.18 Å². The molecule has 0 aliphatic heterocycles. The van der Waals surface area contributed by atoms with Crippen LogP contribution >= 0.6 is 0 Å². The Hall–Kier alpha value is -2.62. The molecule has 4 heteroatoms. The van der Waals surface area contributed by atoms with Crippen molar-refractivity contribution in [1.29, 1.82) is 0 Å². The van der Waals surface area contributed by atoms with Gasteiger partial charge in [-0.05, 0) is 63.8 Å². The van der Waals surface area contributed by atoms with Gasteiger partial charge in [0.25, 0.3) is 0 Å². The number of amides is 1. The van der Waals surface area contributed by atoms with Gasteiger partial charge in [-0.2, -0.15) is 0 Å². The van der Waals surface area contributed by atoms with E-state index in [-0.39, 0.29) is 0 Å². The molecule has 0 saturated heterocycles. The number of aryl methyl sites for hydroxylation is 2. The van der Waals surface area contributed by atoms with Crippen molar-refractivity contribution in [2.45, 2.75) is 52.7 Å².